The minimum atomic E-state index is -0.872. The average molecular weight is 489 g/mol. The molecule has 1 fully saturated rings. The number of rotatable bonds is 8. The van der Waals surface area contributed by atoms with E-state index in [2.05, 4.69) is 32.1 Å². The van der Waals surface area contributed by atoms with Gasteiger partial charge >= 0.3 is 0 Å². The van der Waals surface area contributed by atoms with E-state index < -0.39 is 6.23 Å². The topological polar surface area (TPSA) is 68.9 Å². The largest absolute Gasteiger partial charge is 0.371 e. The Hall–Kier alpha value is -3.17. The van der Waals surface area contributed by atoms with Crippen molar-refractivity contribution in [2.75, 3.05) is 46.3 Å². The molecule has 1 aliphatic rings. The summed E-state index contributed by atoms with van der Waals surface area (Å²) in [6, 6.07) is 13.0. The molecule has 5 rings (SSSR count). The summed E-state index contributed by atoms with van der Waals surface area (Å²) in [5.41, 5.74) is 4.99. The van der Waals surface area contributed by atoms with Crippen LogP contribution in [0.1, 0.15) is 24.0 Å². The number of hydrogen-bond acceptors (Lipinski definition) is 6. The highest BCUT2D eigenvalue weighted by molar-refractivity contribution is 5.81. The minimum absolute atomic E-state index is 0.231. The van der Waals surface area contributed by atoms with Crippen LogP contribution in [-0.4, -0.2) is 75.6 Å². The van der Waals surface area contributed by atoms with Gasteiger partial charge in [0.15, 0.2) is 12.1 Å². The SMILES string of the molecule is Cc1cc(-c2ncccc2-c2ccc3cnc(C(O)NCCCN4CCN(C)CC4)n3c2)ccc1F. The van der Waals surface area contributed by atoms with E-state index in [9.17, 15) is 9.50 Å². The van der Waals surface area contributed by atoms with Gasteiger partial charge in [-0.05, 0) is 69.4 Å². The Kier molecular flexibility index (Phi) is 7.38. The molecule has 3 aromatic heterocycles. The molecule has 7 nitrogen and oxygen atoms in total. The van der Waals surface area contributed by atoms with Crippen molar-refractivity contribution in [2.24, 2.45) is 0 Å². The third kappa shape index (κ3) is 5.32. The molecule has 1 unspecified atom stereocenters. The number of likely N-dealkylation sites (N-methyl/N-ethyl adjacent to an activating group) is 1. The Labute approximate surface area is 211 Å². The highest BCUT2D eigenvalue weighted by Crippen LogP contribution is 2.31. The third-order valence-electron chi connectivity index (χ3n) is 6.94. The summed E-state index contributed by atoms with van der Waals surface area (Å²) in [5, 5.41) is 14.1. The fourth-order valence-corrected chi connectivity index (χ4v) is 4.74. The second-order valence-corrected chi connectivity index (χ2v) is 9.55. The van der Waals surface area contributed by atoms with Crippen LogP contribution in [0.3, 0.4) is 0 Å². The lowest BCUT2D eigenvalue weighted by molar-refractivity contribution is 0.122. The number of nitrogens with zero attached hydrogens (tertiary/aromatic N) is 5. The number of aryl methyl sites for hydroxylation is 1. The van der Waals surface area contributed by atoms with Crippen LogP contribution < -0.4 is 5.32 Å². The van der Waals surface area contributed by atoms with Gasteiger partial charge in [-0.1, -0.05) is 12.1 Å². The molecule has 0 saturated carbocycles. The normalized spacial score (nSPS) is 16.0. The third-order valence-corrected chi connectivity index (χ3v) is 6.94. The summed E-state index contributed by atoms with van der Waals surface area (Å²) in [4.78, 5) is 13.9. The molecule has 4 heterocycles. The number of pyridine rings is 2. The van der Waals surface area contributed by atoms with Gasteiger partial charge in [-0.25, -0.2) is 9.37 Å². The second-order valence-electron chi connectivity index (χ2n) is 9.55. The van der Waals surface area contributed by atoms with Crippen molar-refractivity contribution in [3.05, 3.63) is 78.3 Å². The summed E-state index contributed by atoms with van der Waals surface area (Å²) >= 11 is 0. The first-order valence-electron chi connectivity index (χ1n) is 12.5. The highest BCUT2D eigenvalue weighted by Gasteiger charge is 2.17. The first kappa shape index (κ1) is 24.5. The minimum Gasteiger partial charge on any atom is -0.371 e. The lowest BCUT2D eigenvalue weighted by Gasteiger charge is -2.32. The Balaban J connectivity index is 1.32. The first-order chi connectivity index (χ1) is 17.5. The fraction of sp³-hybridized carbons (Fsp3) is 0.357. The van der Waals surface area contributed by atoms with Gasteiger partial charge < -0.3 is 14.9 Å². The summed E-state index contributed by atoms with van der Waals surface area (Å²) in [6.07, 6.45) is 5.58. The monoisotopic (exact) mass is 488 g/mol. The van der Waals surface area contributed by atoms with Crippen molar-refractivity contribution < 1.29 is 9.50 Å². The molecule has 1 saturated heterocycles. The van der Waals surface area contributed by atoms with Gasteiger partial charge in [-0.15, -0.1) is 0 Å². The van der Waals surface area contributed by atoms with Crippen LogP contribution in [0.2, 0.25) is 0 Å². The number of fused-ring (bicyclic) bond motifs is 1. The van der Waals surface area contributed by atoms with Gasteiger partial charge in [0.05, 0.1) is 17.4 Å². The number of piperazine rings is 1. The van der Waals surface area contributed by atoms with Gasteiger partial charge in [-0.2, -0.15) is 0 Å². The van der Waals surface area contributed by atoms with E-state index in [0.717, 1.165) is 67.0 Å². The maximum absolute atomic E-state index is 13.9. The summed E-state index contributed by atoms with van der Waals surface area (Å²) in [5.74, 6) is 0.320. The van der Waals surface area contributed by atoms with Gasteiger partial charge in [0.25, 0.3) is 0 Å². The number of benzene rings is 1. The fourth-order valence-electron chi connectivity index (χ4n) is 4.74. The predicted molar refractivity (Wildman–Crippen MR) is 140 cm³/mol. The van der Waals surface area contributed by atoms with Crippen molar-refractivity contribution in [2.45, 2.75) is 19.6 Å². The van der Waals surface area contributed by atoms with Crippen molar-refractivity contribution in [1.82, 2.24) is 29.5 Å². The predicted octanol–water partition coefficient (Wildman–Crippen LogP) is 3.73. The number of halogens is 1. The molecule has 1 atom stereocenters. The van der Waals surface area contributed by atoms with Crippen LogP contribution in [0.5, 0.6) is 0 Å². The molecule has 1 aliphatic heterocycles. The van der Waals surface area contributed by atoms with E-state index in [0.29, 0.717) is 17.9 Å². The Bertz CT molecular complexity index is 1330. The number of aromatic nitrogens is 3. The molecule has 188 valence electrons. The molecule has 0 radical (unpaired) electrons. The molecule has 0 amide bonds. The molecule has 1 aromatic carbocycles. The van der Waals surface area contributed by atoms with E-state index in [4.69, 9.17) is 0 Å². The zero-order valence-corrected chi connectivity index (χ0v) is 20.9. The Morgan fingerprint density at radius 3 is 2.67 bits per heavy atom. The van der Waals surface area contributed by atoms with Gasteiger partial charge in [0, 0.05) is 55.3 Å². The molecule has 8 heteroatoms. The van der Waals surface area contributed by atoms with Crippen LogP contribution in [0.15, 0.2) is 61.1 Å². The molecule has 0 bridgehead atoms. The quantitative estimate of drug-likeness (QED) is 0.291. The lowest BCUT2D eigenvalue weighted by Crippen LogP contribution is -2.45. The Morgan fingerprint density at radius 2 is 1.86 bits per heavy atom. The van der Waals surface area contributed by atoms with E-state index in [1.807, 2.05) is 40.9 Å². The molecule has 2 N–H and O–H groups in total. The zero-order valence-electron chi connectivity index (χ0n) is 20.9. The average Bonchev–Trinajstić information content (AvgIpc) is 3.33. The molecule has 4 aromatic rings. The van der Waals surface area contributed by atoms with Crippen LogP contribution >= 0.6 is 0 Å². The van der Waals surface area contributed by atoms with Crippen LogP contribution in [0.4, 0.5) is 4.39 Å². The number of imidazole rings is 1. The van der Waals surface area contributed by atoms with Crippen molar-refractivity contribution in [1.29, 1.82) is 0 Å². The van der Waals surface area contributed by atoms with Crippen molar-refractivity contribution >= 4 is 5.52 Å². The summed E-state index contributed by atoms with van der Waals surface area (Å²) < 4.78 is 15.8. The van der Waals surface area contributed by atoms with Gasteiger partial charge in [0.2, 0.25) is 0 Å². The number of nitrogens with one attached hydrogen (secondary N) is 1. The summed E-state index contributed by atoms with van der Waals surface area (Å²) in [7, 11) is 2.16. The summed E-state index contributed by atoms with van der Waals surface area (Å²) in [6.45, 7) is 7.90. The maximum atomic E-state index is 13.9. The van der Waals surface area contributed by atoms with Crippen LogP contribution in [-0.2, 0) is 0 Å². The number of aliphatic hydroxyl groups is 1. The van der Waals surface area contributed by atoms with Crippen molar-refractivity contribution in [3.63, 3.8) is 0 Å². The van der Waals surface area contributed by atoms with E-state index in [1.165, 1.54) is 6.07 Å². The number of aliphatic hydroxyl groups excluding tert-OH is 1. The van der Waals surface area contributed by atoms with E-state index in [-0.39, 0.29) is 5.82 Å². The Morgan fingerprint density at radius 1 is 1.06 bits per heavy atom. The van der Waals surface area contributed by atoms with Gasteiger partial charge in [0.1, 0.15) is 5.82 Å². The zero-order chi connectivity index (χ0) is 25.1. The van der Waals surface area contributed by atoms with Gasteiger partial charge in [-0.3, -0.25) is 14.7 Å². The van der Waals surface area contributed by atoms with E-state index >= 15 is 0 Å². The number of hydrogen-bond donors (Lipinski definition) is 2. The second kappa shape index (κ2) is 10.8. The van der Waals surface area contributed by atoms with Crippen molar-refractivity contribution in [3.8, 4) is 22.4 Å². The maximum Gasteiger partial charge on any atom is 0.164 e. The smallest absolute Gasteiger partial charge is 0.164 e. The first-order valence-corrected chi connectivity index (χ1v) is 12.5. The van der Waals surface area contributed by atoms with Crippen LogP contribution in [0, 0.1) is 12.7 Å². The lowest BCUT2D eigenvalue weighted by atomic mass is 9.99. The molecular formula is C28H33FN6O. The standard InChI is InChI=1S/C28H33FN6O/c1-20-17-21(7-9-25(20)29)26-24(5-3-10-30-26)22-6-8-23-18-32-27(35(23)19-22)28(36)31-11-4-12-34-15-13-33(2)14-16-34/h3,5-10,17-19,28,31,36H,4,11-16H2,1-2H3. The molecule has 36 heavy (non-hydrogen) atoms. The molecule has 0 aliphatic carbocycles. The van der Waals surface area contributed by atoms with E-state index in [1.54, 1.807) is 25.4 Å². The van der Waals surface area contributed by atoms with Crippen LogP contribution in [0.25, 0.3) is 27.9 Å². The molecular weight excluding hydrogens is 455 g/mol. The molecule has 0 spiro atoms. The highest BCUT2D eigenvalue weighted by atomic mass is 19.1.